The Hall–Kier alpha value is -0.260. The summed E-state index contributed by atoms with van der Waals surface area (Å²) in [6.45, 7) is 22.6. The topological polar surface area (TPSA) is 0 Å². The largest absolute Gasteiger partial charge is 0.103 e. The van der Waals surface area contributed by atoms with Crippen LogP contribution in [0.4, 0.5) is 0 Å². The fourth-order valence-electron chi connectivity index (χ4n) is 0.272. The molecular formula is C15H36. The Morgan fingerprint density at radius 1 is 0.867 bits per heavy atom. The molecule has 0 radical (unpaired) electrons. The third-order valence-electron chi connectivity index (χ3n) is 1.92. The van der Waals surface area contributed by atoms with Gasteiger partial charge in [0.05, 0.1) is 0 Å². The van der Waals surface area contributed by atoms with Crippen molar-refractivity contribution >= 4 is 0 Å². The van der Waals surface area contributed by atoms with E-state index >= 15 is 0 Å². The zero-order chi connectivity index (χ0) is 13.3. The summed E-state index contributed by atoms with van der Waals surface area (Å²) in [7, 11) is 0. The molecule has 0 aliphatic rings. The molecule has 0 saturated heterocycles. The molecule has 0 aromatic carbocycles. The van der Waals surface area contributed by atoms with Gasteiger partial charge in [-0.2, -0.15) is 0 Å². The fourth-order valence-corrected chi connectivity index (χ4v) is 0.272. The van der Waals surface area contributed by atoms with E-state index in [1.54, 1.807) is 0 Å². The van der Waals surface area contributed by atoms with Crippen molar-refractivity contribution in [2.75, 3.05) is 0 Å². The van der Waals surface area contributed by atoms with Gasteiger partial charge in [0.25, 0.3) is 0 Å². The Kier molecular flexibility index (Phi) is 47.0. The highest BCUT2D eigenvalue weighted by atomic mass is 14.0. The normalized spacial score (nSPS) is 9.47. The average molecular weight is 216 g/mol. The van der Waals surface area contributed by atoms with Crippen molar-refractivity contribution in [1.82, 2.24) is 0 Å². The summed E-state index contributed by atoms with van der Waals surface area (Å²) in [5, 5.41) is 0. The second-order valence-corrected chi connectivity index (χ2v) is 3.34. The third kappa shape index (κ3) is 41.7. The molecule has 96 valence electrons. The van der Waals surface area contributed by atoms with Crippen molar-refractivity contribution in [3.63, 3.8) is 0 Å². The van der Waals surface area contributed by atoms with Crippen LogP contribution in [-0.4, -0.2) is 0 Å². The zero-order valence-corrected chi connectivity index (χ0v) is 12.9. The molecule has 1 unspecified atom stereocenters. The molecule has 0 heteroatoms. The Balaban J connectivity index is -0.0000000647. The van der Waals surface area contributed by atoms with E-state index in [2.05, 4.69) is 41.2 Å². The van der Waals surface area contributed by atoms with Gasteiger partial charge in [-0.05, 0) is 11.8 Å². The lowest BCUT2D eigenvalue weighted by Gasteiger charge is -2.07. The lowest BCUT2D eigenvalue weighted by Crippen LogP contribution is -1.97. The van der Waals surface area contributed by atoms with E-state index in [1.165, 1.54) is 12.8 Å². The maximum absolute atomic E-state index is 3.68. The Labute approximate surface area is 100 Å². The number of allylic oxidation sites excluding steroid dienone is 1. The van der Waals surface area contributed by atoms with Crippen LogP contribution in [0.15, 0.2) is 12.7 Å². The van der Waals surface area contributed by atoms with Gasteiger partial charge in [-0.15, -0.1) is 6.58 Å². The minimum atomic E-state index is 0.667. The number of unbranched alkanes of at least 4 members (excludes halogenated alkanes) is 1. The van der Waals surface area contributed by atoms with E-state index in [-0.39, 0.29) is 0 Å². The Morgan fingerprint density at radius 2 is 1.13 bits per heavy atom. The van der Waals surface area contributed by atoms with Crippen LogP contribution in [-0.2, 0) is 0 Å². The SMILES string of the molecule is C=CC(C)C(C)C.CC.CC.CCCC. The molecule has 0 fully saturated rings. The van der Waals surface area contributed by atoms with Gasteiger partial charge in [0, 0.05) is 0 Å². The van der Waals surface area contributed by atoms with Crippen LogP contribution in [0.3, 0.4) is 0 Å². The van der Waals surface area contributed by atoms with Crippen LogP contribution >= 0.6 is 0 Å². The molecule has 1 atom stereocenters. The quantitative estimate of drug-likeness (QED) is 0.484. The number of hydrogen-bond donors (Lipinski definition) is 0. The van der Waals surface area contributed by atoms with E-state index in [1.807, 2.05) is 33.8 Å². The molecule has 0 spiro atoms. The van der Waals surface area contributed by atoms with Crippen LogP contribution in [0.2, 0.25) is 0 Å². The number of hydrogen-bond acceptors (Lipinski definition) is 0. The minimum Gasteiger partial charge on any atom is -0.103 e. The highest BCUT2D eigenvalue weighted by molar-refractivity contribution is 4.76. The maximum Gasteiger partial charge on any atom is -0.0242 e. The second kappa shape index (κ2) is 29.2. The molecule has 0 N–H and O–H groups in total. The molecule has 0 aliphatic carbocycles. The Morgan fingerprint density at radius 3 is 1.13 bits per heavy atom. The van der Waals surface area contributed by atoms with E-state index in [4.69, 9.17) is 0 Å². The molecule has 0 aromatic rings. The van der Waals surface area contributed by atoms with Crippen molar-refractivity contribution < 1.29 is 0 Å². The lowest BCUT2D eigenvalue weighted by atomic mass is 9.99. The predicted octanol–water partition coefficient (Wildman–Crippen LogP) is 6.32. The van der Waals surface area contributed by atoms with Crippen molar-refractivity contribution in [1.29, 1.82) is 0 Å². The highest BCUT2D eigenvalue weighted by Gasteiger charge is 1.98. The molecule has 0 heterocycles. The van der Waals surface area contributed by atoms with Gasteiger partial charge in [0.1, 0.15) is 0 Å². The standard InChI is InChI=1S/C7H14.C4H10.2C2H6/c1-5-7(4)6(2)3;1-3-4-2;2*1-2/h5-7H,1H2,2-4H3;3-4H2,1-2H3;2*1-2H3. The molecule has 0 amide bonds. The summed E-state index contributed by atoms with van der Waals surface area (Å²) >= 11 is 0. The average Bonchev–Trinajstić information content (AvgIpc) is 2.33. The van der Waals surface area contributed by atoms with Crippen LogP contribution in [0, 0.1) is 11.8 Å². The van der Waals surface area contributed by atoms with Gasteiger partial charge >= 0.3 is 0 Å². The first kappa shape index (κ1) is 24.1. The second-order valence-electron chi connectivity index (χ2n) is 3.34. The molecule has 0 aliphatic heterocycles. The summed E-state index contributed by atoms with van der Waals surface area (Å²) in [5.74, 6) is 1.41. The lowest BCUT2D eigenvalue weighted by molar-refractivity contribution is 0.505. The molecule has 0 rings (SSSR count). The molecular weight excluding hydrogens is 180 g/mol. The predicted molar refractivity (Wildman–Crippen MR) is 77.5 cm³/mol. The van der Waals surface area contributed by atoms with Gasteiger partial charge in [0.2, 0.25) is 0 Å². The van der Waals surface area contributed by atoms with Crippen molar-refractivity contribution in [2.24, 2.45) is 11.8 Å². The molecule has 0 aromatic heterocycles. The van der Waals surface area contributed by atoms with Crippen LogP contribution in [0.5, 0.6) is 0 Å². The Bertz CT molecular complexity index is 70.1. The molecule has 0 saturated carbocycles. The van der Waals surface area contributed by atoms with Crippen molar-refractivity contribution in [2.45, 2.75) is 75.2 Å². The van der Waals surface area contributed by atoms with Crippen LogP contribution < -0.4 is 0 Å². The summed E-state index contributed by atoms with van der Waals surface area (Å²) in [6, 6.07) is 0. The first-order chi connectivity index (χ1) is 7.09. The van der Waals surface area contributed by atoms with Crippen LogP contribution in [0.1, 0.15) is 75.2 Å². The van der Waals surface area contributed by atoms with Gasteiger partial charge < -0.3 is 0 Å². The number of rotatable bonds is 3. The summed E-state index contributed by atoms with van der Waals surface area (Å²) < 4.78 is 0. The van der Waals surface area contributed by atoms with Gasteiger partial charge in [-0.3, -0.25) is 0 Å². The van der Waals surface area contributed by atoms with Crippen molar-refractivity contribution in [3.05, 3.63) is 12.7 Å². The van der Waals surface area contributed by atoms with E-state index in [0.717, 1.165) is 5.92 Å². The van der Waals surface area contributed by atoms with E-state index in [9.17, 15) is 0 Å². The molecule has 15 heavy (non-hydrogen) atoms. The third-order valence-corrected chi connectivity index (χ3v) is 1.92. The first-order valence-corrected chi connectivity index (χ1v) is 6.72. The van der Waals surface area contributed by atoms with Crippen molar-refractivity contribution in [3.8, 4) is 0 Å². The summed E-state index contributed by atoms with van der Waals surface area (Å²) in [6.07, 6.45) is 4.63. The summed E-state index contributed by atoms with van der Waals surface area (Å²) in [5.41, 5.74) is 0. The molecule has 0 nitrogen and oxygen atoms in total. The monoisotopic (exact) mass is 216 g/mol. The minimum absolute atomic E-state index is 0.667. The molecule has 0 bridgehead atoms. The highest BCUT2D eigenvalue weighted by Crippen LogP contribution is 2.08. The fraction of sp³-hybridized carbons (Fsp3) is 0.867. The smallest absolute Gasteiger partial charge is 0.0242 e. The summed E-state index contributed by atoms with van der Waals surface area (Å²) in [4.78, 5) is 0. The first-order valence-electron chi connectivity index (χ1n) is 6.72. The zero-order valence-electron chi connectivity index (χ0n) is 12.9. The van der Waals surface area contributed by atoms with E-state index in [0.29, 0.717) is 5.92 Å². The van der Waals surface area contributed by atoms with Gasteiger partial charge in [0.15, 0.2) is 0 Å². The maximum atomic E-state index is 3.68. The van der Waals surface area contributed by atoms with Crippen LogP contribution in [0.25, 0.3) is 0 Å². The van der Waals surface area contributed by atoms with E-state index < -0.39 is 0 Å². The van der Waals surface area contributed by atoms with Gasteiger partial charge in [-0.1, -0.05) is 81.2 Å². The van der Waals surface area contributed by atoms with Gasteiger partial charge in [-0.25, -0.2) is 0 Å².